The summed E-state index contributed by atoms with van der Waals surface area (Å²) in [5.41, 5.74) is -0.0260. The maximum atomic E-state index is 9.36. The normalized spacial score (nSPS) is 34.6. The van der Waals surface area contributed by atoms with Crippen LogP contribution in [0.25, 0.3) is 0 Å². The first-order valence-electron chi connectivity index (χ1n) is 3.76. The van der Waals surface area contributed by atoms with E-state index in [2.05, 4.69) is 13.5 Å². The topological polar surface area (TPSA) is 23.5 Å². The molecule has 2 heteroatoms. The molecule has 10 heavy (non-hydrogen) atoms. The van der Waals surface area contributed by atoms with Crippen molar-refractivity contribution in [1.82, 2.24) is 5.06 Å². The molecule has 1 N–H and O–H groups in total. The third-order valence-electron chi connectivity index (χ3n) is 2.29. The number of rotatable bonds is 2. The minimum Gasteiger partial charge on any atom is -0.313 e. The van der Waals surface area contributed by atoms with Gasteiger partial charge < -0.3 is 5.21 Å². The summed E-state index contributed by atoms with van der Waals surface area (Å²) < 4.78 is 0. The molecule has 0 aromatic heterocycles. The second kappa shape index (κ2) is 2.72. The molecule has 0 aliphatic carbocycles. The van der Waals surface area contributed by atoms with E-state index in [0.717, 1.165) is 25.8 Å². The van der Waals surface area contributed by atoms with Crippen molar-refractivity contribution < 1.29 is 5.21 Å². The predicted octanol–water partition coefficient (Wildman–Crippen LogP) is 1.81. The van der Waals surface area contributed by atoms with Crippen molar-refractivity contribution in [3.05, 3.63) is 12.7 Å². The van der Waals surface area contributed by atoms with Gasteiger partial charge in [0.05, 0.1) is 0 Å². The molecule has 0 amide bonds. The van der Waals surface area contributed by atoms with E-state index >= 15 is 0 Å². The molecule has 0 aromatic rings. The van der Waals surface area contributed by atoms with Crippen molar-refractivity contribution in [2.75, 3.05) is 6.54 Å². The lowest BCUT2D eigenvalue weighted by Crippen LogP contribution is -2.37. The van der Waals surface area contributed by atoms with Gasteiger partial charge in [0.25, 0.3) is 0 Å². The second-order valence-corrected chi connectivity index (χ2v) is 3.22. The number of nitrogens with zero attached hydrogens (tertiary/aromatic N) is 1. The van der Waals surface area contributed by atoms with Gasteiger partial charge in [-0.1, -0.05) is 6.08 Å². The first kappa shape index (κ1) is 7.76. The fourth-order valence-electron chi connectivity index (χ4n) is 1.53. The molecule has 1 atom stereocenters. The smallest absolute Gasteiger partial charge is 0.0467 e. The zero-order valence-electron chi connectivity index (χ0n) is 6.51. The van der Waals surface area contributed by atoms with Gasteiger partial charge in [0, 0.05) is 12.1 Å². The highest BCUT2D eigenvalue weighted by Crippen LogP contribution is 2.29. The van der Waals surface area contributed by atoms with Gasteiger partial charge >= 0.3 is 0 Å². The van der Waals surface area contributed by atoms with Crippen LogP contribution in [0.1, 0.15) is 26.2 Å². The maximum Gasteiger partial charge on any atom is 0.0467 e. The summed E-state index contributed by atoms with van der Waals surface area (Å²) >= 11 is 0. The molecule has 0 bridgehead atoms. The van der Waals surface area contributed by atoms with Crippen LogP contribution in [0.2, 0.25) is 0 Å². The third kappa shape index (κ3) is 1.22. The summed E-state index contributed by atoms with van der Waals surface area (Å²) in [7, 11) is 0. The molecule has 1 aliphatic heterocycles. The first-order valence-corrected chi connectivity index (χ1v) is 3.76. The summed E-state index contributed by atoms with van der Waals surface area (Å²) in [6.07, 6.45) is 4.92. The van der Waals surface area contributed by atoms with Gasteiger partial charge in [0.15, 0.2) is 0 Å². The Balaban J connectivity index is 2.56. The van der Waals surface area contributed by atoms with Crippen LogP contribution in [0.15, 0.2) is 12.7 Å². The van der Waals surface area contributed by atoms with Crippen LogP contribution in [0.5, 0.6) is 0 Å². The highest BCUT2D eigenvalue weighted by molar-refractivity contribution is 4.92. The zero-order chi connectivity index (χ0) is 7.61. The minimum absolute atomic E-state index is 0.0260. The van der Waals surface area contributed by atoms with E-state index in [-0.39, 0.29) is 5.54 Å². The Kier molecular flexibility index (Phi) is 2.11. The standard InChI is InChI=1S/C8H15NO/c1-3-5-8(2)6-4-7-9(8)10/h3,10H,1,4-7H2,2H3/t8-/m1/s1. The Morgan fingerprint density at radius 3 is 2.90 bits per heavy atom. The van der Waals surface area contributed by atoms with Gasteiger partial charge in [0.1, 0.15) is 0 Å². The summed E-state index contributed by atoms with van der Waals surface area (Å²) in [6.45, 7) is 6.55. The summed E-state index contributed by atoms with van der Waals surface area (Å²) in [4.78, 5) is 0. The molecule has 1 aliphatic rings. The SMILES string of the molecule is C=CC[C@]1(C)CCCN1O. The molecular weight excluding hydrogens is 126 g/mol. The summed E-state index contributed by atoms with van der Waals surface area (Å²) in [6, 6.07) is 0. The van der Waals surface area contributed by atoms with Crippen molar-refractivity contribution >= 4 is 0 Å². The minimum atomic E-state index is -0.0260. The number of hydrogen-bond acceptors (Lipinski definition) is 2. The Hall–Kier alpha value is -0.340. The average molecular weight is 141 g/mol. The van der Waals surface area contributed by atoms with E-state index < -0.39 is 0 Å². The molecule has 0 unspecified atom stereocenters. The van der Waals surface area contributed by atoms with Crippen molar-refractivity contribution in [2.24, 2.45) is 0 Å². The lowest BCUT2D eigenvalue weighted by Gasteiger charge is -2.28. The zero-order valence-corrected chi connectivity index (χ0v) is 6.51. The molecular formula is C8H15NO. The highest BCUT2D eigenvalue weighted by atomic mass is 16.5. The van der Waals surface area contributed by atoms with Gasteiger partial charge in [-0.05, 0) is 26.2 Å². The van der Waals surface area contributed by atoms with Crippen LogP contribution < -0.4 is 0 Å². The molecule has 58 valence electrons. The van der Waals surface area contributed by atoms with Crippen LogP contribution in [-0.2, 0) is 0 Å². The molecule has 0 radical (unpaired) electrons. The fourth-order valence-corrected chi connectivity index (χ4v) is 1.53. The number of hydrogen-bond donors (Lipinski definition) is 1. The van der Waals surface area contributed by atoms with Crippen LogP contribution in [0, 0.1) is 0 Å². The van der Waals surface area contributed by atoms with Crippen molar-refractivity contribution in [3.63, 3.8) is 0 Å². The van der Waals surface area contributed by atoms with Gasteiger partial charge in [-0.15, -0.1) is 6.58 Å². The van der Waals surface area contributed by atoms with Gasteiger partial charge in [0.2, 0.25) is 0 Å². The van der Waals surface area contributed by atoms with Gasteiger partial charge in [-0.25, -0.2) is 0 Å². The summed E-state index contributed by atoms with van der Waals surface area (Å²) in [5, 5.41) is 10.8. The quantitative estimate of drug-likeness (QED) is 0.593. The van der Waals surface area contributed by atoms with Crippen molar-refractivity contribution in [3.8, 4) is 0 Å². The molecule has 0 saturated carbocycles. The molecule has 0 aromatic carbocycles. The second-order valence-electron chi connectivity index (χ2n) is 3.22. The lowest BCUT2D eigenvalue weighted by atomic mass is 9.96. The number of hydroxylamine groups is 2. The molecule has 1 saturated heterocycles. The Morgan fingerprint density at radius 2 is 2.50 bits per heavy atom. The van der Waals surface area contributed by atoms with E-state index in [0.29, 0.717) is 0 Å². The van der Waals surface area contributed by atoms with Crippen LogP contribution in [0.3, 0.4) is 0 Å². The Labute approximate surface area is 62.1 Å². The molecule has 2 nitrogen and oxygen atoms in total. The Bertz CT molecular complexity index is 135. The maximum absolute atomic E-state index is 9.36. The Morgan fingerprint density at radius 1 is 1.80 bits per heavy atom. The molecule has 1 fully saturated rings. The summed E-state index contributed by atoms with van der Waals surface area (Å²) in [5.74, 6) is 0. The van der Waals surface area contributed by atoms with Crippen LogP contribution in [-0.4, -0.2) is 22.4 Å². The highest BCUT2D eigenvalue weighted by Gasteiger charge is 2.34. The van der Waals surface area contributed by atoms with E-state index in [1.807, 2.05) is 6.08 Å². The van der Waals surface area contributed by atoms with Gasteiger partial charge in [-0.3, -0.25) is 0 Å². The van der Waals surface area contributed by atoms with Crippen LogP contribution >= 0.6 is 0 Å². The predicted molar refractivity (Wildman–Crippen MR) is 40.9 cm³/mol. The van der Waals surface area contributed by atoms with Crippen molar-refractivity contribution in [2.45, 2.75) is 31.7 Å². The fraction of sp³-hybridized carbons (Fsp3) is 0.750. The monoisotopic (exact) mass is 141 g/mol. The molecule has 1 heterocycles. The van der Waals surface area contributed by atoms with Crippen molar-refractivity contribution in [1.29, 1.82) is 0 Å². The average Bonchev–Trinajstić information content (AvgIpc) is 2.15. The third-order valence-corrected chi connectivity index (χ3v) is 2.29. The first-order chi connectivity index (χ1) is 4.69. The molecule has 1 rings (SSSR count). The van der Waals surface area contributed by atoms with Crippen LogP contribution in [0.4, 0.5) is 0 Å². The van der Waals surface area contributed by atoms with E-state index in [1.54, 1.807) is 0 Å². The van der Waals surface area contributed by atoms with Gasteiger partial charge in [-0.2, -0.15) is 5.06 Å². The van der Waals surface area contributed by atoms with E-state index in [9.17, 15) is 5.21 Å². The van der Waals surface area contributed by atoms with E-state index in [1.165, 1.54) is 5.06 Å². The lowest BCUT2D eigenvalue weighted by molar-refractivity contribution is -0.141. The molecule has 0 spiro atoms. The van der Waals surface area contributed by atoms with E-state index in [4.69, 9.17) is 0 Å². The largest absolute Gasteiger partial charge is 0.313 e.